The second kappa shape index (κ2) is 4.14. The molecule has 1 saturated heterocycles. The van der Waals surface area contributed by atoms with Gasteiger partial charge in [-0.1, -0.05) is 13.8 Å². The molecule has 0 bridgehead atoms. The second-order valence-corrected chi connectivity index (χ2v) is 3.63. The van der Waals surface area contributed by atoms with Crippen molar-refractivity contribution < 1.29 is 13.5 Å². The van der Waals surface area contributed by atoms with Crippen molar-refractivity contribution in [3.05, 3.63) is 0 Å². The Kier molecular flexibility index (Phi) is 3.40. The van der Waals surface area contributed by atoms with Crippen LogP contribution in [0.25, 0.3) is 0 Å². The first kappa shape index (κ1) is 9.86. The van der Waals surface area contributed by atoms with Gasteiger partial charge >= 0.3 is 6.61 Å². The number of likely N-dealkylation sites (tertiary alicyclic amines) is 1. The van der Waals surface area contributed by atoms with E-state index in [9.17, 15) is 8.78 Å². The van der Waals surface area contributed by atoms with E-state index >= 15 is 0 Å². The van der Waals surface area contributed by atoms with Crippen LogP contribution in [0.5, 0.6) is 0 Å². The molecule has 2 nitrogen and oxygen atoms in total. The molecular weight excluding hydrogens is 164 g/mol. The molecule has 0 N–H and O–H groups in total. The van der Waals surface area contributed by atoms with E-state index in [1.165, 1.54) is 0 Å². The molecular formula is C8H15F2NO. The van der Waals surface area contributed by atoms with Gasteiger partial charge in [0.25, 0.3) is 0 Å². The maximum atomic E-state index is 11.7. The van der Waals surface area contributed by atoms with Crippen molar-refractivity contribution >= 4 is 0 Å². The molecule has 1 aliphatic heterocycles. The van der Waals surface area contributed by atoms with Crippen LogP contribution in [0.3, 0.4) is 0 Å². The predicted octanol–water partition coefficient (Wildman–Crippen LogP) is 1.57. The molecule has 72 valence electrons. The van der Waals surface area contributed by atoms with Crippen LogP contribution < -0.4 is 0 Å². The van der Waals surface area contributed by atoms with Crippen molar-refractivity contribution in [2.45, 2.75) is 26.6 Å². The Morgan fingerprint density at radius 3 is 2.42 bits per heavy atom. The van der Waals surface area contributed by atoms with E-state index in [-0.39, 0.29) is 6.10 Å². The SMILES string of the molecule is CC(C)CN1CC(OC(F)F)C1. The molecule has 1 fully saturated rings. The van der Waals surface area contributed by atoms with Gasteiger partial charge in [-0.05, 0) is 5.92 Å². The van der Waals surface area contributed by atoms with E-state index in [1.54, 1.807) is 0 Å². The molecule has 0 spiro atoms. The second-order valence-electron chi connectivity index (χ2n) is 3.63. The first-order chi connectivity index (χ1) is 5.58. The molecule has 1 rings (SSSR count). The van der Waals surface area contributed by atoms with Gasteiger partial charge in [0.15, 0.2) is 0 Å². The maximum absolute atomic E-state index is 11.7. The van der Waals surface area contributed by atoms with Crippen LogP contribution in [-0.4, -0.2) is 37.2 Å². The van der Waals surface area contributed by atoms with E-state index < -0.39 is 6.61 Å². The summed E-state index contributed by atoms with van der Waals surface area (Å²) in [5.74, 6) is 0.595. The summed E-state index contributed by atoms with van der Waals surface area (Å²) in [5, 5.41) is 0. The smallest absolute Gasteiger partial charge is 0.317 e. The number of hydrogen-bond donors (Lipinski definition) is 0. The van der Waals surface area contributed by atoms with Gasteiger partial charge in [0.1, 0.15) is 0 Å². The summed E-state index contributed by atoms with van der Waals surface area (Å²) >= 11 is 0. The summed E-state index contributed by atoms with van der Waals surface area (Å²) in [6, 6.07) is 0. The summed E-state index contributed by atoms with van der Waals surface area (Å²) in [6.45, 7) is 3.90. The Hall–Kier alpha value is -0.220. The van der Waals surface area contributed by atoms with Crippen LogP contribution in [0.4, 0.5) is 8.78 Å². The summed E-state index contributed by atoms with van der Waals surface area (Å²) in [5.41, 5.74) is 0. The lowest BCUT2D eigenvalue weighted by molar-refractivity contribution is -0.196. The molecule has 0 aromatic carbocycles. The number of halogens is 2. The molecule has 0 aromatic heterocycles. The van der Waals surface area contributed by atoms with Crippen LogP contribution in [0, 0.1) is 5.92 Å². The molecule has 0 amide bonds. The fourth-order valence-corrected chi connectivity index (χ4v) is 1.42. The highest BCUT2D eigenvalue weighted by Gasteiger charge is 2.29. The van der Waals surface area contributed by atoms with E-state index in [4.69, 9.17) is 0 Å². The molecule has 0 atom stereocenters. The van der Waals surface area contributed by atoms with Crippen molar-refractivity contribution in [3.63, 3.8) is 0 Å². The van der Waals surface area contributed by atoms with E-state index in [1.807, 2.05) is 0 Å². The number of nitrogens with zero attached hydrogens (tertiary/aromatic N) is 1. The Morgan fingerprint density at radius 2 is 2.00 bits per heavy atom. The third-order valence-electron chi connectivity index (χ3n) is 1.84. The van der Waals surface area contributed by atoms with Crippen LogP contribution in [0.2, 0.25) is 0 Å². The third kappa shape index (κ3) is 3.03. The Morgan fingerprint density at radius 1 is 1.42 bits per heavy atom. The predicted molar refractivity (Wildman–Crippen MR) is 42.2 cm³/mol. The topological polar surface area (TPSA) is 12.5 Å². The highest BCUT2D eigenvalue weighted by Crippen LogP contribution is 2.15. The maximum Gasteiger partial charge on any atom is 0.345 e. The van der Waals surface area contributed by atoms with Crippen molar-refractivity contribution in [2.75, 3.05) is 19.6 Å². The number of alkyl halides is 2. The van der Waals surface area contributed by atoms with Crippen molar-refractivity contribution in [3.8, 4) is 0 Å². The molecule has 1 heterocycles. The first-order valence-electron chi connectivity index (χ1n) is 4.24. The van der Waals surface area contributed by atoms with Gasteiger partial charge in [-0.25, -0.2) is 0 Å². The van der Waals surface area contributed by atoms with Gasteiger partial charge in [-0.2, -0.15) is 8.78 Å². The van der Waals surface area contributed by atoms with E-state index in [2.05, 4.69) is 23.5 Å². The molecule has 4 heteroatoms. The molecule has 12 heavy (non-hydrogen) atoms. The first-order valence-corrected chi connectivity index (χ1v) is 4.24. The normalized spacial score (nSPS) is 20.5. The van der Waals surface area contributed by atoms with Crippen molar-refractivity contribution in [1.82, 2.24) is 4.90 Å². The van der Waals surface area contributed by atoms with Gasteiger partial charge in [0.2, 0.25) is 0 Å². The number of hydrogen-bond acceptors (Lipinski definition) is 2. The minimum atomic E-state index is -2.61. The van der Waals surface area contributed by atoms with Crippen molar-refractivity contribution in [1.29, 1.82) is 0 Å². The quantitative estimate of drug-likeness (QED) is 0.649. The highest BCUT2D eigenvalue weighted by molar-refractivity contribution is 4.80. The van der Waals surface area contributed by atoms with Gasteiger partial charge in [0, 0.05) is 19.6 Å². The van der Waals surface area contributed by atoms with Gasteiger partial charge < -0.3 is 4.74 Å². The number of rotatable bonds is 4. The molecule has 0 aliphatic carbocycles. The lowest BCUT2D eigenvalue weighted by atomic mass is 10.1. The standard InChI is InChI=1S/C8H15F2NO/c1-6(2)3-11-4-7(5-11)12-8(9)10/h6-8H,3-5H2,1-2H3. The highest BCUT2D eigenvalue weighted by atomic mass is 19.3. The lowest BCUT2D eigenvalue weighted by Crippen LogP contribution is -2.53. The summed E-state index contributed by atoms with van der Waals surface area (Å²) in [6.07, 6.45) is -0.247. The fraction of sp³-hybridized carbons (Fsp3) is 1.00. The Bertz CT molecular complexity index is 121. The van der Waals surface area contributed by atoms with Gasteiger partial charge in [-0.3, -0.25) is 4.90 Å². The zero-order valence-electron chi connectivity index (χ0n) is 7.46. The van der Waals surface area contributed by atoms with Crippen LogP contribution >= 0.6 is 0 Å². The van der Waals surface area contributed by atoms with E-state index in [0.29, 0.717) is 19.0 Å². The molecule has 0 radical (unpaired) electrons. The van der Waals surface area contributed by atoms with Crippen LogP contribution in [-0.2, 0) is 4.74 Å². The zero-order chi connectivity index (χ0) is 9.14. The summed E-state index contributed by atoms with van der Waals surface area (Å²) in [7, 11) is 0. The molecule has 0 aromatic rings. The monoisotopic (exact) mass is 179 g/mol. The Balaban J connectivity index is 2.04. The summed E-state index contributed by atoms with van der Waals surface area (Å²) < 4.78 is 27.6. The number of ether oxygens (including phenoxy) is 1. The fourth-order valence-electron chi connectivity index (χ4n) is 1.42. The van der Waals surface area contributed by atoms with Crippen molar-refractivity contribution in [2.24, 2.45) is 5.92 Å². The van der Waals surface area contributed by atoms with Gasteiger partial charge in [0.05, 0.1) is 6.10 Å². The minimum Gasteiger partial charge on any atom is -0.317 e. The van der Waals surface area contributed by atoms with Crippen LogP contribution in [0.15, 0.2) is 0 Å². The average Bonchev–Trinajstić information content (AvgIpc) is 1.80. The van der Waals surface area contributed by atoms with Crippen LogP contribution in [0.1, 0.15) is 13.8 Å². The Labute approximate surface area is 71.5 Å². The third-order valence-corrected chi connectivity index (χ3v) is 1.84. The lowest BCUT2D eigenvalue weighted by Gasteiger charge is -2.39. The summed E-state index contributed by atoms with van der Waals surface area (Å²) in [4.78, 5) is 2.12. The molecule has 1 aliphatic rings. The minimum absolute atomic E-state index is 0.247. The van der Waals surface area contributed by atoms with Gasteiger partial charge in [-0.15, -0.1) is 0 Å². The average molecular weight is 179 g/mol. The zero-order valence-corrected chi connectivity index (χ0v) is 7.46. The van der Waals surface area contributed by atoms with E-state index in [0.717, 1.165) is 6.54 Å². The molecule has 0 unspecified atom stereocenters. The largest absolute Gasteiger partial charge is 0.345 e. The molecule has 0 saturated carbocycles.